The van der Waals surface area contributed by atoms with Crippen molar-refractivity contribution in [1.29, 1.82) is 0 Å². The average molecular weight is 282 g/mol. The normalized spacial score (nSPS) is 11.0. The highest BCUT2D eigenvalue weighted by Crippen LogP contribution is 2.14. The van der Waals surface area contributed by atoms with Gasteiger partial charge in [0.25, 0.3) is 0 Å². The minimum Gasteiger partial charge on any atom is -0.316 e. The molecule has 1 N–H and O–H groups in total. The van der Waals surface area contributed by atoms with E-state index in [2.05, 4.69) is 32.3 Å². The maximum Gasteiger partial charge on any atom is 0.190 e. The standard InChI is InChI=1S/C12H18N4S2/c1-10-14-15-12(16(10)2)18-8-6-13-5-3-11-4-7-17-9-11/h4,7,9,13H,3,5-6,8H2,1-2H3. The molecule has 0 saturated carbocycles. The fourth-order valence-electron chi connectivity index (χ4n) is 1.52. The third kappa shape index (κ3) is 3.83. The van der Waals surface area contributed by atoms with Gasteiger partial charge in [-0.3, -0.25) is 0 Å². The molecule has 98 valence electrons. The summed E-state index contributed by atoms with van der Waals surface area (Å²) in [5, 5.41) is 16.9. The molecular weight excluding hydrogens is 264 g/mol. The van der Waals surface area contributed by atoms with Crippen LogP contribution in [-0.2, 0) is 13.5 Å². The molecule has 18 heavy (non-hydrogen) atoms. The Morgan fingerprint density at radius 3 is 2.94 bits per heavy atom. The van der Waals surface area contributed by atoms with Crippen molar-refractivity contribution in [2.45, 2.75) is 18.5 Å². The molecule has 4 nitrogen and oxygen atoms in total. The van der Waals surface area contributed by atoms with Gasteiger partial charge in [0.15, 0.2) is 5.16 Å². The van der Waals surface area contributed by atoms with Crippen LogP contribution in [-0.4, -0.2) is 33.6 Å². The van der Waals surface area contributed by atoms with E-state index < -0.39 is 0 Å². The van der Waals surface area contributed by atoms with Gasteiger partial charge in [0, 0.05) is 19.3 Å². The average Bonchev–Trinajstić information content (AvgIpc) is 2.98. The molecule has 0 fully saturated rings. The molecule has 6 heteroatoms. The van der Waals surface area contributed by atoms with Crippen LogP contribution in [0.3, 0.4) is 0 Å². The molecule has 0 bridgehead atoms. The molecule has 0 aromatic carbocycles. The lowest BCUT2D eigenvalue weighted by Crippen LogP contribution is -2.20. The topological polar surface area (TPSA) is 42.7 Å². The molecule has 2 rings (SSSR count). The van der Waals surface area contributed by atoms with Crippen molar-refractivity contribution in [3.05, 3.63) is 28.2 Å². The SMILES string of the molecule is Cc1nnc(SCCNCCc2ccsc2)n1C. The number of nitrogens with one attached hydrogen (secondary N) is 1. The summed E-state index contributed by atoms with van der Waals surface area (Å²) in [5.74, 6) is 1.98. The van der Waals surface area contributed by atoms with E-state index in [1.54, 1.807) is 23.1 Å². The number of aryl methyl sites for hydroxylation is 1. The molecule has 0 aliphatic heterocycles. The molecule has 0 aliphatic rings. The Bertz CT molecular complexity index is 464. The van der Waals surface area contributed by atoms with Crippen molar-refractivity contribution >= 4 is 23.1 Å². The van der Waals surface area contributed by atoms with E-state index in [1.165, 1.54) is 5.56 Å². The first-order valence-corrected chi connectivity index (χ1v) is 7.91. The maximum atomic E-state index is 4.12. The Balaban J connectivity index is 1.57. The van der Waals surface area contributed by atoms with Crippen LogP contribution < -0.4 is 5.32 Å². The summed E-state index contributed by atoms with van der Waals surface area (Å²) >= 11 is 3.50. The minimum absolute atomic E-state index is 0.961. The van der Waals surface area contributed by atoms with Gasteiger partial charge in [-0.15, -0.1) is 10.2 Å². The van der Waals surface area contributed by atoms with E-state index in [9.17, 15) is 0 Å². The third-order valence-electron chi connectivity index (χ3n) is 2.73. The number of thioether (sulfide) groups is 1. The van der Waals surface area contributed by atoms with Gasteiger partial charge in [-0.25, -0.2) is 0 Å². The van der Waals surface area contributed by atoms with Crippen LogP contribution in [0.4, 0.5) is 0 Å². The van der Waals surface area contributed by atoms with Crippen molar-refractivity contribution < 1.29 is 0 Å². The minimum atomic E-state index is 0.961. The molecular formula is C12H18N4S2. The summed E-state index contributed by atoms with van der Waals surface area (Å²) in [6.45, 7) is 4.01. The predicted octanol–water partition coefficient (Wildman–Crippen LogP) is 2.11. The lowest BCUT2D eigenvalue weighted by molar-refractivity contribution is 0.718. The van der Waals surface area contributed by atoms with Crippen LogP contribution in [0.1, 0.15) is 11.4 Å². The second kappa shape index (κ2) is 6.92. The molecule has 2 heterocycles. The molecule has 0 amide bonds. The van der Waals surface area contributed by atoms with E-state index in [0.717, 1.165) is 36.2 Å². The molecule has 0 saturated heterocycles. The van der Waals surface area contributed by atoms with Crippen LogP contribution in [0.2, 0.25) is 0 Å². The fourth-order valence-corrected chi connectivity index (χ4v) is 3.08. The highest BCUT2D eigenvalue weighted by molar-refractivity contribution is 7.99. The van der Waals surface area contributed by atoms with E-state index in [4.69, 9.17) is 0 Å². The van der Waals surface area contributed by atoms with Crippen molar-refractivity contribution in [2.24, 2.45) is 7.05 Å². The summed E-state index contributed by atoms with van der Waals surface area (Å²) in [4.78, 5) is 0. The first kappa shape index (κ1) is 13.6. The maximum absolute atomic E-state index is 4.12. The van der Waals surface area contributed by atoms with Crippen LogP contribution in [0.25, 0.3) is 0 Å². The van der Waals surface area contributed by atoms with Crippen molar-refractivity contribution in [3.63, 3.8) is 0 Å². The number of thiophene rings is 1. The summed E-state index contributed by atoms with van der Waals surface area (Å²) in [7, 11) is 2.00. The lowest BCUT2D eigenvalue weighted by Gasteiger charge is -2.04. The Morgan fingerprint density at radius 1 is 1.39 bits per heavy atom. The third-order valence-corrected chi connectivity index (χ3v) is 4.49. The van der Waals surface area contributed by atoms with Gasteiger partial charge < -0.3 is 9.88 Å². The van der Waals surface area contributed by atoms with E-state index in [-0.39, 0.29) is 0 Å². The first-order chi connectivity index (χ1) is 8.77. The van der Waals surface area contributed by atoms with Crippen molar-refractivity contribution in [1.82, 2.24) is 20.1 Å². The van der Waals surface area contributed by atoms with Gasteiger partial charge in [-0.05, 0) is 42.3 Å². The summed E-state index contributed by atoms with van der Waals surface area (Å²) in [6.07, 6.45) is 1.11. The van der Waals surface area contributed by atoms with Crippen molar-refractivity contribution in [3.8, 4) is 0 Å². The first-order valence-electron chi connectivity index (χ1n) is 5.98. The Morgan fingerprint density at radius 2 is 2.28 bits per heavy atom. The number of hydrogen-bond donors (Lipinski definition) is 1. The highest BCUT2D eigenvalue weighted by Gasteiger charge is 2.04. The quantitative estimate of drug-likeness (QED) is 0.624. The van der Waals surface area contributed by atoms with Crippen LogP contribution in [0, 0.1) is 6.92 Å². The zero-order chi connectivity index (χ0) is 12.8. The lowest BCUT2D eigenvalue weighted by atomic mass is 10.2. The van der Waals surface area contributed by atoms with E-state index >= 15 is 0 Å². The molecule has 0 radical (unpaired) electrons. The van der Waals surface area contributed by atoms with Crippen LogP contribution in [0.15, 0.2) is 22.0 Å². The number of hydrogen-bond acceptors (Lipinski definition) is 5. The highest BCUT2D eigenvalue weighted by atomic mass is 32.2. The van der Waals surface area contributed by atoms with Gasteiger partial charge >= 0.3 is 0 Å². The molecule has 0 spiro atoms. The van der Waals surface area contributed by atoms with Crippen molar-refractivity contribution in [2.75, 3.05) is 18.8 Å². The van der Waals surface area contributed by atoms with Gasteiger partial charge in [-0.1, -0.05) is 11.8 Å². The molecule has 2 aromatic rings. The molecule has 0 unspecified atom stereocenters. The Kier molecular flexibility index (Phi) is 5.22. The zero-order valence-corrected chi connectivity index (χ0v) is 12.4. The van der Waals surface area contributed by atoms with Gasteiger partial charge in [0.1, 0.15) is 5.82 Å². The van der Waals surface area contributed by atoms with Gasteiger partial charge in [0.05, 0.1) is 0 Å². The number of nitrogens with zero attached hydrogens (tertiary/aromatic N) is 3. The van der Waals surface area contributed by atoms with E-state index in [0.29, 0.717) is 0 Å². The summed E-state index contributed by atoms with van der Waals surface area (Å²) in [6, 6.07) is 2.18. The predicted molar refractivity (Wildman–Crippen MR) is 77.4 cm³/mol. The summed E-state index contributed by atoms with van der Waals surface area (Å²) in [5.41, 5.74) is 1.42. The molecule has 0 atom stereocenters. The van der Waals surface area contributed by atoms with Gasteiger partial charge in [0.2, 0.25) is 0 Å². The number of aromatic nitrogens is 3. The Hall–Kier alpha value is -0.850. The van der Waals surface area contributed by atoms with Crippen LogP contribution >= 0.6 is 23.1 Å². The number of rotatable bonds is 7. The van der Waals surface area contributed by atoms with Crippen LogP contribution in [0.5, 0.6) is 0 Å². The van der Waals surface area contributed by atoms with Gasteiger partial charge in [-0.2, -0.15) is 11.3 Å². The monoisotopic (exact) mass is 282 g/mol. The summed E-state index contributed by atoms with van der Waals surface area (Å²) < 4.78 is 2.02. The second-order valence-corrected chi connectivity index (χ2v) is 5.91. The second-order valence-electron chi connectivity index (χ2n) is 4.07. The van der Waals surface area contributed by atoms with E-state index in [1.807, 2.05) is 18.5 Å². The molecule has 2 aromatic heterocycles. The Labute approximate surface area is 116 Å². The zero-order valence-electron chi connectivity index (χ0n) is 10.7. The smallest absolute Gasteiger partial charge is 0.190 e. The molecule has 0 aliphatic carbocycles. The fraction of sp³-hybridized carbons (Fsp3) is 0.500. The largest absolute Gasteiger partial charge is 0.316 e.